The molecule has 1 fully saturated rings. The SMILES string of the molecule is CN(C)c1ccc(NC(=O)CN2C(=O)CCC2=O)cc1. The van der Waals surface area contributed by atoms with Crippen LogP contribution in [0.1, 0.15) is 12.8 Å². The Kier molecular flexibility index (Phi) is 4.02. The summed E-state index contributed by atoms with van der Waals surface area (Å²) >= 11 is 0. The van der Waals surface area contributed by atoms with Gasteiger partial charge in [0.2, 0.25) is 17.7 Å². The smallest absolute Gasteiger partial charge is 0.244 e. The molecule has 106 valence electrons. The minimum absolute atomic E-state index is 0.198. The highest BCUT2D eigenvalue weighted by atomic mass is 16.2. The van der Waals surface area contributed by atoms with Gasteiger partial charge in [-0.2, -0.15) is 0 Å². The van der Waals surface area contributed by atoms with Gasteiger partial charge in [0, 0.05) is 38.3 Å². The normalized spacial score (nSPS) is 14.6. The van der Waals surface area contributed by atoms with E-state index in [1.807, 2.05) is 31.1 Å². The predicted octanol–water partition coefficient (Wildman–Crippen LogP) is 0.840. The zero-order valence-electron chi connectivity index (χ0n) is 11.5. The van der Waals surface area contributed by atoms with Gasteiger partial charge in [0.1, 0.15) is 6.54 Å². The molecule has 0 saturated carbocycles. The molecule has 0 bridgehead atoms. The van der Waals surface area contributed by atoms with Gasteiger partial charge in [-0.1, -0.05) is 0 Å². The fourth-order valence-electron chi connectivity index (χ4n) is 1.99. The van der Waals surface area contributed by atoms with Crippen molar-refractivity contribution in [3.8, 4) is 0 Å². The van der Waals surface area contributed by atoms with Crippen molar-refractivity contribution in [1.29, 1.82) is 0 Å². The number of hydrogen-bond acceptors (Lipinski definition) is 4. The number of anilines is 2. The number of hydrogen-bond donors (Lipinski definition) is 1. The van der Waals surface area contributed by atoms with E-state index in [1.165, 1.54) is 0 Å². The quantitative estimate of drug-likeness (QED) is 0.827. The summed E-state index contributed by atoms with van der Waals surface area (Å²) in [5, 5.41) is 2.67. The Bertz CT molecular complexity index is 521. The molecule has 6 heteroatoms. The second-order valence-electron chi connectivity index (χ2n) is 4.86. The number of carbonyl (C=O) groups is 3. The maximum atomic E-state index is 11.8. The van der Waals surface area contributed by atoms with Crippen molar-refractivity contribution in [3.05, 3.63) is 24.3 Å². The Morgan fingerprint density at radius 3 is 2.20 bits per heavy atom. The number of likely N-dealkylation sites (tertiary alicyclic amines) is 1. The van der Waals surface area contributed by atoms with Crippen molar-refractivity contribution < 1.29 is 14.4 Å². The molecule has 1 saturated heterocycles. The minimum atomic E-state index is -0.369. The maximum Gasteiger partial charge on any atom is 0.244 e. The van der Waals surface area contributed by atoms with Crippen molar-refractivity contribution >= 4 is 29.1 Å². The number of imide groups is 1. The molecular formula is C14H17N3O3. The summed E-state index contributed by atoms with van der Waals surface area (Å²) in [4.78, 5) is 37.6. The van der Waals surface area contributed by atoms with Crippen LogP contribution >= 0.6 is 0 Å². The first-order chi connectivity index (χ1) is 9.47. The molecule has 1 aromatic rings. The summed E-state index contributed by atoms with van der Waals surface area (Å²) < 4.78 is 0. The lowest BCUT2D eigenvalue weighted by Gasteiger charge is -2.15. The van der Waals surface area contributed by atoms with Crippen molar-refractivity contribution in [2.24, 2.45) is 0 Å². The van der Waals surface area contributed by atoms with E-state index in [0.29, 0.717) is 5.69 Å². The fourth-order valence-corrected chi connectivity index (χ4v) is 1.99. The molecule has 6 nitrogen and oxygen atoms in total. The summed E-state index contributed by atoms with van der Waals surface area (Å²) in [5.74, 6) is -0.938. The van der Waals surface area contributed by atoms with Gasteiger partial charge in [-0.3, -0.25) is 19.3 Å². The van der Waals surface area contributed by atoms with E-state index in [9.17, 15) is 14.4 Å². The lowest BCUT2D eigenvalue weighted by Crippen LogP contribution is -2.36. The number of nitrogens with one attached hydrogen (secondary N) is 1. The van der Waals surface area contributed by atoms with E-state index in [1.54, 1.807) is 12.1 Å². The molecule has 1 aliphatic heterocycles. The molecule has 1 aromatic carbocycles. The number of carbonyl (C=O) groups excluding carboxylic acids is 3. The third-order valence-corrected chi connectivity index (χ3v) is 3.12. The third kappa shape index (κ3) is 3.14. The van der Waals surface area contributed by atoms with Crippen molar-refractivity contribution in [3.63, 3.8) is 0 Å². The second kappa shape index (κ2) is 5.73. The molecule has 0 radical (unpaired) electrons. The molecule has 0 spiro atoms. The standard InChI is InChI=1S/C14H17N3O3/c1-16(2)11-5-3-10(4-6-11)15-12(18)9-17-13(19)7-8-14(17)20/h3-6H,7-9H2,1-2H3,(H,15,18). The van der Waals surface area contributed by atoms with Gasteiger partial charge < -0.3 is 10.2 Å². The van der Waals surface area contributed by atoms with Crippen LogP contribution in [0.5, 0.6) is 0 Å². The minimum Gasteiger partial charge on any atom is -0.378 e. The van der Waals surface area contributed by atoms with E-state index in [4.69, 9.17) is 0 Å². The number of nitrogens with zero attached hydrogens (tertiary/aromatic N) is 2. The summed E-state index contributed by atoms with van der Waals surface area (Å²) in [6.07, 6.45) is 0.396. The van der Waals surface area contributed by atoms with E-state index >= 15 is 0 Å². The summed E-state index contributed by atoms with van der Waals surface area (Å²) in [7, 11) is 3.86. The lowest BCUT2D eigenvalue weighted by molar-refractivity contribution is -0.141. The molecule has 0 atom stereocenters. The lowest BCUT2D eigenvalue weighted by atomic mass is 10.2. The Labute approximate surface area is 117 Å². The highest BCUT2D eigenvalue weighted by molar-refractivity contribution is 6.06. The molecule has 3 amide bonds. The van der Waals surface area contributed by atoms with Gasteiger partial charge in [0.15, 0.2) is 0 Å². The van der Waals surface area contributed by atoms with Crippen LogP contribution in [-0.4, -0.2) is 43.3 Å². The number of rotatable bonds is 4. The summed E-state index contributed by atoms with van der Waals surface area (Å²) in [6, 6.07) is 7.31. The van der Waals surface area contributed by atoms with Crippen molar-refractivity contribution in [2.75, 3.05) is 30.9 Å². The van der Waals surface area contributed by atoms with Crippen LogP contribution in [0, 0.1) is 0 Å². The first-order valence-electron chi connectivity index (χ1n) is 6.38. The largest absolute Gasteiger partial charge is 0.378 e. The van der Waals surface area contributed by atoms with Crippen LogP contribution in [-0.2, 0) is 14.4 Å². The van der Waals surface area contributed by atoms with Crippen LogP contribution < -0.4 is 10.2 Å². The highest BCUT2D eigenvalue weighted by Crippen LogP contribution is 2.16. The van der Waals surface area contributed by atoms with E-state index in [0.717, 1.165) is 10.6 Å². The summed E-state index contributed by atoms with van der Waals surface area (Å²) in [5.41, 5.74) is 1.66. The first kappa shape index (κ1) is 14.0. The molecule has 0 unspecified atom stereocenters. The average Bonchev–Trinajstić information content (AvgIpc) is 2.71. The maximum absolute atomic E-state index is 11.8. The van der Waals surface area contributed by atoms with E-state index in [2.05, 4.69) is 5.32 Å². The van der Waals surface area contributed by atoms with Crippen molar-refractivity contribution in [2.45, 2.75) is 12.8 Å². The van der Waals surface area contributed by atoms with Crippen LogP contribution in [0.4, 0.5) is 11.4 Å². The molecule has 1 heterocycles. The van der Waals surface area contributed by atoms with E-state index < -0.39 is 0 Å². The average molecular weight is 275 g/mol. The molecule has 20 heavy (non-hydrogen) atoms. The third-order valence-electron chi connectivity index (χ3n) is 3.12. The number of amides is 3. The Morgan fingerprint density at radius 1 is 1.15 bits per heavy atom. The van der Waals surface area contributed by atoms with Crippen molar-refractivity contribution in [1.82, 2.24) is 4.90 Å². The zero-order valence-corrected chi connectivity index (χ0v) is 11.5. The molecule has 0 aromatic heterocycles. The van der Waals surface area contributed by atoms with E-state index in [-0.39, 0.29) is 37.1 Å². The first-order valence-corrected chi connectivity index (χ1v) is 6.38. The fraction of sp³-hybridized carbons (Fsp3) is 0.357. The Hall–Kier alpha value is -2.37. The number of benzene rings is 1. The van der Waals surface area contributed by atoms with Crippen LogP contribution in [0.25, 0.3) is 0 Å². The highest BCUT2D eigenvalue weighted by Gasteiger charge is 2.30. The molecule has 1 aliphatic rings. The predicted molar refractivity (Wildman–Crippen MR) is 75.4 cm³/mol. The Morgan fingerprint density at radius 2 is 1.70 bits per heavy atom. The zero-order chi connectivity index (χ0) is 14.7. The molecule has 0 aliphatic carbocycles. The van der Waals surface area contributed by atoms with Gasteiger partial charge in [-0.05, 0) is 24.3 Å². The summed E-state index contributed by atoms with van der Waals surface area (Å²) in [6.45, 7) is -0.215. The van der Waals surface area contributed by atoms with Gasteiger partial charge in [0.05, 0.1) is 0 Å². The van der Waals surface area contributed by atoms with Gasteiger partial charge in [-0.15, -0.1) is 0 Å². The van der Waals surface area contributed by atoms with Crippen LogP contribution in [0.2, 0.25) is 0 Å². The topological polar surface area (TPSA) is 69.7 Å². The molecule has 1 N–H and O–H groups in total. The monoisotopic (exact) mass is 275 g/mol. The van der Waals surface area contributed by atoms with Gasteiger partial charge in [-0.25, -0.2) is 0 Å². The second-order valence-corrected chi connectivity index (χ2v) is 4.86. The Balaban J connectivity index is 1.94. The molecule has 2 rings (SSSR count). The molecular weight excluding hydrogens is 258 g/mol. The van der Waals surface area contributed by atoms with Crippen LogP contribution in [0.3, 0.4) is 0 Å². The van der Waals surface area contributed by atoms with Gasteiger partial charge in [0.25, 0.3) is 0 Å². The van der Waals surface area contributed by atoms with Gasteiger partial charge >= 0.3 is 0 Å². The van der Waals surface area contributed by atoms with Crippen LogP contribution in [0.15, 0.2) is 24.3 Å².